The molecule has 1 aromatic rings. The van der Waals surface area contributed by atoms with Gasteiger partial charge in [0.25, 0.3) is 0 Å². The number of hydrogen-bond acceptors (Lipinski definition) is 3. The molecule has 0 unspecified atom stereocenters. The van der Waals surface area contributed by atoms with Crippen molar-refractivity contribution in [3.8, 4) is 12.3 Å². The number of carbonyl (C=O) groups excluding carboxylic acids is 1. The Bertz CT molecular complexity index is 461. The molecular formula is C16H23N3O. The number of benzene rings is 1. The maximum absolute atomic E-state index is 11.7. The topological polar surface area (TPSA) is 44.4 Å². The van der Waals surface area contributed by atoms with Crippen molar-refractivity contribution in [2.45, 2.75) is 20.4 Å². The third kappa shape index (κ3) is 5.87. The number of carbonyl (C=O) groups is 1. The average Bonchev–Trinajstić information content (AvgIpc) is 2.45. The van der Waals surface area contributed by atoms with Crippen LogP contribution in [0.4, 0.5) is 5.69 Å². The minimum atomic E-state index is -0.0831. The van der Waals surface area contributed by atoms with E-state index in [1.807, 2.05) is 18.2 Å². The fourth-order valence-corrected chi connectivity index (χ4v) is 1.91. The summed E-state index contributed by atoms with van der Waals surface area (Å²) in [5.74, 6) is 2.35. The van der Waals surface area contributed by atoms with Gasteiger partial charge in [-0.3, -0.25) is 15.0 Å². The molecule has 0 saturated heterocycles. The molecule has 1 rings (SSSR count). The fourth-order valence-electron chi connectivity index (χ4n) is 1.91. The summed E-state index contributed by atoms with van der Waals surface area (Å²) in [4.78, 5) is 14.0. The van der Waals surface area contributed by atoms with E-state index >= 15 is 0 Å². The number of nitrogens with one attached hydrogen (secondary N) is 2. The Morgan fingerprint density at radius 3 is 2.75 bits per heavy atom. The van der Waals surface area contributed by atoms with E-state index < -0.39 is 0 Å². The van der Waals surface area contributed by atoms with Crippen LogP contribution >= 0.6 is 0 Å². The Balaban J connectivity index is 2.55. The summed E-state index contributed by atoms with van der Waals surface area (Å²) in [5.41, 5.74) is 2.02. The lowest BCUT2D eigenvalue weighted by Crippen LogP contribution is -2.28. The van der Waals surface area contributed by atoms with Crippen LogP contribution in [0.1, 0.15) is 19.4 Å². The van der Waals surface area contributed by atoms with Gasteiger partial charge >= 0.3 is 0 Å². The molecule has 0 bridgehead atoms. The van der Waals surface area contributed by atoms with Gasteiger partial charge in [-0.2, -0.15) is 0 Å². The van der Waals surface area contributed by atoms with Crippen LogP contribution in [0.3, 0.4) is 0 Å². The molecular weight excluding hydrogens is 250 g/mol. The van der Waals surface area contributed by atoms with E-state index in [0.717, 1.165) is 25.3 Å². The first-order chi connectivity index (χ1) is 9.69. The second-order valence-corrected chi connectivity index (χ2v) is 4.52. The molecule has 0 radical (unpaired) electrons. The molecule has 0 saturated carbocycles. The molecule has 4 heteroatoms. The fraction of sp³-hybridized carbons (Fsp3) is 0.438. The molecule has 0 aliphatic rings. The highest BCUT2D eigenvalue weighted by molar-refractivity contribution is 5.92. The predicted octanol–water partition coefficient (Wildman–Crippen LogP) is 1.69. The van der Waals surface area contributed by atoms with E-state index in [9.17, 15) is 4.79 Å². The summed E-state index contributed by atoms with van der Waals surface area (Å²) in [5, 5.41) is 5.73. The van der Waals surface area contributed by atoms with Crippen molar-refractivity contribution in [1.29, 1.82) is 0 Å². The van der Waals surface area contributed by atoms with E-state index in [0.29, 0.717) is 6.54 Å². The Hall–Kier alpha value is -1.83. The third-order valence-corrected chi connectivity index (χ3v) is 3.02. The van der Waals surface area contributed by atoms with Gasteiger partial charge in [0.15, 0.2) is 0 Å². The molecule has 108 valence electrons. The molecule has 0 spiro atoms. The summed E-state index contributed by atoms with van der Waals surface area (Å²) < 4.78 is 0. The Morgan fingerprint density at radius 1 is 1.35 bits per heavy atom. The standard InChI is InChI=1S/C16H23N3O/c1-4-10-17-12-16(20)18-15-9-7-8-14(11-15)13-19(5-2)6-3/h1,7-9,11,17H,5-6,10,12-13H2,2-3H3,(H,18,20). The number of anilines is 1. The van der Waals surface area contributed by atoms with Crippen LogP contribution in [-0.2, 0) is 11.3 Å². The molecule has 0 aliphatic heterocycles. The van der Waals surface area contributed by atoms with Gasteiger partial charge in [-0.1, -0.05) is 31.9 Å². The van der Waals surface area contributed by atoms with E-state index in [4.69, 9.17) is 6.42 Å². The lowest BCUT2D eigenvalue weighted by atomic mass is 10.2. The summed E-state index contributed by atoms with van der Waals surface area (Å²) in [6, 6.07) is 7.94. The van der Waals surface area contributed by atoms with Crippen molar-refractivity contribution in [2.24, 2.45) is 0 Å². The van der Waals surface area contributed by atoms with Gasteiger partial charge in [-0.25, -0.2) is 0 Å². The lowest BCUT2D eigenvalue weighted by molar-refractivity contribution is -0.115. The molecule has 1 aromatic carbocycles. The first-order valence-corrected chi connectivity index (χ1v) is 6.94. The van der Waals surface area contributed by atoms with Crippen LogP contribution in [-0.4, -0.2) is 37.0 Å². The molecule has 0 heterocycles. The van der Waals surface area contributed by atoms with Crippen molar-refractivity contribution in [3.05, 3.63) is 29.8 Å². The summed E-state index contributed by atoms with van der Waals surface area (Å²) >= 11 is 0. The Labute approximate surface area is 121 Å². The quantitative estimate of drug-likeness (QED) is 0.559. The van der Waals surface area contributed by atoms with Crippen molar-refractivity contribution in [2.75, 3.05) is 31.5 Å². The number of rotatable bonds is 8. The largest absolute Gasteiger partial charge is 0.325 e. The highest BCUT2D eigenvalue weighted by atomic mass is 16.1. The Kier molecular flexibility index (Phi) is 7.41. The Morgan fingerprint density at radius 2 is 2.10 bits per heavy atom. The van der Waals surface area contributed by atoms with Crippen LogP contribution in [0.15, 0.2) is 24.3 Å². The highest BCUT2D eigenvalue weighted by Crippen LogP contribution is 2.12. The number of terminal acetylenes is 1. The number of hydrogen-bond donors (Lipinski definition) is 2. The molecule has 4 nitrogen and oxygen atoms in total. The van der Waals surface area contributed by atoms with Gasteiger partial charge in [-0.05, 0) is 30.8 Å². The van der Waals surface area contributed by atoms with Crippen molar-refractivity contribution >= 4 is 11.6 Å². The van der Waals surface area contributed by atoms with Gasteiger partial charge in [0.2, 0.25) is 5.91 Å². The van der Waals surface area contributed by atoms with Gasteiger partial charge in [-0.15, -0.1) is 6.42 Å². The van der Waals surface area contributed by atoms with Crippen molar-refractivity contribution < 1.29 is 4.79 Å². The van der Waals surface area contributed by atoms with Gasteiger partial charge in [0, 0.05) is 12.2 Å². The van der Waals surface area contributed by atoms with Gasteiger partial charge in [0.05, 0.1) is 13.1 Å². The van der Waals surface area contributed by atoms with Crippen LogP contribution in [0, 0.1) is 12.3 Å². The first kappa shape index (κ1) is 16.2. The van der Waals surface area contributed by atoms with E-state index in [1.165, 1.54) is 5.56 Å². The molecule has 20 heavy (non-hydrogen) atoms. The third-order valence-electron chi connectivity index (χ3n) is 3.02. The van der Waals surface area contributed by atoms with Gasteiger partial charge < -0.3 is 5.32 Å². The van der Waals surface area contributed by atoms with E-state index in [2.05, 4.69) is 41.4 Å². The van der Waals surface area contributed by atoms with E-state index in [-0.39, 0.29) is 12.5 Å². The average molecular weight is 273 g/mol. The normalized spacial score (nSPS) is 10.3. The minimum absolute atomic E-state index is 0.0831. The zero-order valence-electron chi connectivity index (χ0n) is 12.3. The highest BCUT2D eigenvalue weighted by Gasteiger charge is 2.04. The van der Waals surface area contributed by atoms with Crippen molar-refractivity contribution in [1.82, 2.24) is 10.2 Å². The summed E-state index contributed by atoms with van der Waals surface area (Å²) in [7, 11) is 0. The van der Waals surface area contributed by atoms with Crippen LogP contribution < -0.4 is 10.6 Å². The predicted molar refractivity (Wildman–Crippen MR) is 83.4 cm³/mol. The van der Waals surface area contributed by atoms with Gasteiger partial charge in [0.1, 0.15) is 0 Å². The maximum atomic E-state index is 11.7. The minimum Gasteiger partial charge on any atom is -0.325 e. The SMILES string of the molecule is C#CCNCC(=O)Nc1cccc(CN(CC)CC)c1. The second kappa shape index (κ2) is 9.13. The molecule has 0 fully saturated rings. The first-order valence-electron chi connectivity index (χ1n) is 6.94. The molecule has 0 aromatic heterocycles. The lowest BCUT2D eigenvalue weighted by Gasteiger charge is -2.18. The van der Waals surface area contributed by atoms with Crippen molar-refractivity contribution in [3.63, 3.8) is 0 Å². The summed E-state index contributed by atoms with van der Waals surface area (Å²) in [6.07, 6.45) is 5.11. The number of nitrogens with zero attached hydrogens (tertiary/aromatic N) is 1. The number of amides is 1. The maximum Gasteiger partial charge on any atom is 0.238 e. The second-order valence-electron chi connectivity index (χ2n) is 4.52. The zero-order chi connectivity index (χ0) is 14.8. The summed E-state index contributed by atoms with van der Waals surface area (Å²) in [6.45, 7) is 7.84. The van der Waals surface area contributed by atoms with Crippen LogP contribution in [0.25, 0.3) is 0 Å². The van der Waals surface area contributed by atoms with E-state index in [1.54, 1.807) is 0 Å². The van der Waals surface area contributed by atoms with Crippen LogP contribution in [0.2, 0.25) is 0 Å². The van der Waals surface area contributed by atoms with Crippen LogP contribution in [0.5, 0.6) is 0 Å². The monoisotopic (exact) mass is 273 g/mol. The molecule has 2 N–H and O–H groups in total. The molecule has 0 aliphatic carbocycles. The molecule has 1 amide bonds. The molecule has 0 atom stereocenters. The zero-order valence-corrected chi connectivity index (χ0v) is 12.3. The smallest absolute Gasteiger partial charge is 0.238 e.